The van der Waals surface area contributed by atoms with Crippen LogP contribution in [0.2, 0.25) is 0 Å². The van der Waals surface area contributed by atoms with Gasteiger partial charge in [-0.05, 0) is 25.0 Å². The van der Waals surface area contributed by atoms with Crippen LogP contribution in [0.15, 0.2) is 28.7 Å². The zero-order valence-corrected chi connectivity index (χ0v) is 10.9. The van der Waals surface area contributed by atoms with Crippen LogP contribution in [-0.4, -0.2) is 16.1 Å². The average molecular weight is 260 g/mol. The lowest BCUT2D eigenvalue weighted by Crippen LogP contribution is -1.99. The molecule has 0 spiro atoms. The molecular weight excluding hydrogens is 244 g/mol. The van der Waals surface area contributed by atoms with Gasteiger partial charge in [-0.15, -0.1) is 0 Å². The maximum atomic E-state index is 10.7. The van der Waals surface area contributed by atoms with E-state index < -0.39 is 5.97 Å². The summed E-state index contributed by atoms with van der Waals surface area (Å²) in [6.07, 6.45) is 0.737. The standard InChI is InChI=1S/C14H16N2O3/c1-3-10-6-4-5-7-11(10)16-14-15-9(2)12(19-14)8-13(17)18/h4-7H,3,8H2,1-2H3,(H,15,16)(H,17,18). The normalized spacial score (nSPS) is 10.4. The summed E-state index contributed by atoms with van der Waals surface area (Å²) >= 11 is 0. The van der Waals surface area contributed by atoms with Crippen molar-refractivity contribution in [2.75, 3.05) is 5.32 Å². The van der Waals surface area contributed by atoms with E-state index >= 15 is 0 Å². The Kier molecular flexibility index (Phi) is 3.85. The monoisotopic (exact) mass is 260 g/mol. The van der Waals surface area contributed by atoms with Crippen molar-refractivity contribution in [3.05, 3.63) is 41.3 Å². The highest BCUT2D eigenvalue weighted by molar-refractivity contribution is 5.69. The fourth-order valence-corrected chi connectivity index (χ4v) is 1.85. The maximum absolute atomic E-state index is 10.7. The summed E-state index contributed by atoms with van der Waals surface area (Å²) in [5.41, 5.74) is 2.67. The van der Waals surface area contributed by atoms with Gasteiger partial charge in [0.1, 0.15) is 12.2 Å². The van der Waals surface area contributed by atoms with E-state index in [1.54, 1.807) is 6.92 Å². The number of aryl methyl sites for hydroxylation is 2. The number of carboxylic acid groups (broad SMARTS) is 1. The molecule has 100 valence electrons. The molecule has 0 aliphatic heterocycles. The molecule has 0 fully saturated rings. The fraction of sp³-hybridized carbons (Fsp3) is 0.286. The third kappa shape index (κ3) is 3.13. The fourth-order valence-electron chi connectivity index (χ4n) is 1.85. The second-order valence-corrected chi connectivity index (χ2v) is 4.23. The zero-order chi connectivity index (χ0) is 13.8. The molecular formula is C14H16N2O3. The number of aliphatic carboxylic acids is 1. The smallest absolute Gasteiger partial charge is 0.311 e. The maximum Gasteiger partial charge on any atom is 0.311 e. The van der Waals surface area contributed by atoms with E-state index in [4.69, 9.17) is 9.52 Å². The summed E-state index contributed by atoms with van der Waals surface area (Å²) in [6, 6.07) is 8.19. The van der Waals surface area contributed by atoms with E-state index in [1.807, 2.05) is 24.3 Å². The number of para-hydroxylation sites is 1. The van der Waals surface area contributed by atoms with Crippen LogP contribution < -0.4 is 5.32 Å². The first-order chi connectivity index (χ1) is 9.10. The number of hydrogen-bond acceptors (Lipinski definition) is 4. The van der Waals surface area contributed by atoms with Gasteiger partial charge in [0.05, 0.1) is 5.69 Å². The molecule has 2 rings (SSSR count). The van der Waals surface area contributed by atoms with Crippen LogP contribution in [0.4, 0.5) is 11.7 Å². The molecule has 0 bridgehead atoms. The van der Waals surface area contributed by atoms with Gasteiger partial charge in [0.2, 0.25) is 0 Å². The summed E-state index contributed by atoms with van der Waals surface area (Å²) in [6.45, 7) is 3.80. The first-order valence-electron chi connectivity index (χ1n) is 6.13. The van der Waals surface area contributed by atoms with Crippen LogP contribution >= 0.6 is 0 Å². The lowest BCUT2D eigenvalue weighted by atomic mass is 10.1. The number of nitrogens with one attached hydrogen (secondary N) is 1. The molecule has 0 saturated heterocycles. The van der Waals surface area contributed by atoms with Crippen LogP contribution in [0.25, 0.3) is 0 Å². The van der Waals surface area contributed by atoms with Crippen molar-refractivity contribution < 1.29 is 14.3 Å². The second kappa shape index (κ2) is 5.56. The van der Waals surface area contributed by atoms with Gasteiger partial charge in [0.25, 0.3) is 6.01 Å². The van der Waals surface area contributed by atoms with E-state index in [2.05, 4.69) is 17.2 Å². The Balaban J connectivity index is 2.21. The molecule has 19 heavy (non-hydrogen) atoms. The average Bonchev–Trinajstić information content (AvgIpc) is 2.69. The summed E-state index contributed by atoms with van der Waals surface area (Å²) in [5, 5.41) is 11.9. The molecule has 0 aliphatic rings. The summed E-state index contributed by atoms with van der Waals surface area (Å²) in [4.78, 5) is 14.9. The number of hydrogen-bond donors (Lipinski definition) is 2. The van der Waals surface area contributed by atoms with Gasteiger partial charge in [0.15, 0.2) is 0 Å². The number of aromatic nitrogens is 1. The van der Waals surface area contributed by atoms with E-state index in [0.717, 1.165) is 17.7 Å². The van der Waals surface area contributed by atoms with Crippen molar-refractivity contribution in [2.24, 2.45) is 0 Å². The minimum Gasteiger partial charge on any atom is -0.481 e. The number of oxazole rings is 1. The molecule has 5 nitrogen and oxygen atoms in total. The molecule has 1 aromatic heterocycles. The molecule has 0 amide bonds. The van der Waals surface area contributed by atoms with Gasteiger partial charge in [-0.1, -0.05) is 25.1 Å². The van der Waals surface area contributed by atoms with E-state index in [9.17, 15) is 4.79 Å². The molecule has 5 heteroatoms. The Morgan fingerprint density at radius 1 is 1.42 bits per heavy atom. The Hall–Kier alpha value is -2.30. The quantitative estimate of drug-likeness (QED) is 0.864. The van der Waals surface area contributed by atoms with Crippen molar-refractivity contribution in [2.45, 2.75) is 26.7 Å². The molecule has 2 aromatic rings. The Labute approximate surface area is 111 Å². The third-order valence-electron chi connectivity index (χ3n) is 2.84. The SMILES string of the molecule is CCc1ccccc1Nc1nc(C)c(CC(=O)O)o1. The van der Waals surface area contributed by atoms with Gasteiger partial charge in [-0.25, -0.2) is 0 Å². The predicted octanol–water partition coefficient (Wildman–Crippen LogP) is 2.92. The van der Waals surface area contributed by atoms with Crippen molar-refractivity contribution >= 4 is 17.7 Å². The Morgan fingerprint density at radius 3 is 2.84 bits per heavy atom. The minimum atomic E-state index is -0.931. The van der Waals surface area contributed by atoms with Crippen molar-refractivity contribution in [3.8, 4) is 0 Å². The van der Waals surface area contributed by atoms with E-state index in [0.29, 0.717) is 17.5 Å². The van der Waals surface area contributed by atoms with Crippen molar-refractivity contribution in [3.63, 3.8) is 0 Å². The summed E-state index contributed by atoms with van der Waals surface area (Å²) in [7, 11) is 0. The molecule has 0 saturated carbocycles. The lowest BCUT2D eigenvalue weighted by Gasteiger charge is -2.06. The number of benzene rings is 1. The molecule has 0 aliphatic carbocycles. The van der Waals surface area contributed by atoms with Gasteiger partial charge in [0, 0.05) is 5.69 Å². The highest BCUT2D eigenvalue weighted by Gasteiger charge is 2.13. The molecule has 0 radical (unpaired) electrons. The summed E-state index contributed by atoms with van der Waals surface area (Å²) < 4.78 is 5.43. The number of carboxylic acids is 1. The van der Waals surface area contributed by atoms with Crippen LogP contribution in [0.1, 0.15) is 23.9 Å². The van der Waals surface area contributed by atoms with Gasteiger partial charge >= 0.3 is 5.97 Å². The van der Waals surface area contributed by atoms with Crippen molar-refractivity contribution in [1.82, 2.24) is 4.98 Å². The van der Waals surface area contributed by atoms with Gasteiger partial charge in [-0.2, -0.15) is 4.98 Å². The molecule has 2 N–H and O–H groups in total. The Bertz CT molecular complexity index is 590. The molecule has 1 aromatic carbocycles. The van der Waals surface area contributed by atoms with Crippen LogP contribution in [0, 0.1) is 6.92 Å². The van der Waals surface area contributed by atoms with Crippen LogP contribution in [-0.2, 0) is 17.6 Å². The van der Waals surface area contributed by atoms with E-state index in [-0.39, 0.29) is 6.42 Å². The third-order valence-corrected chi connectivity index (χ3v) is 2.84. The molecule has 0 atom stereocenters. The molecule has 1 heterocycles. The summed E-state index contributed by atoms with van der Waals surface area (Å²) in [5.74, 6) is -0.552. The first-order valence-corrected chi connectivity index (χ1v) is 6.13. The number of anilines is 2. The number of rotatable bonds is 5. The largest absolute Gasteiger partial charge is 0.481 e. The number of nitrogens with zero attached hydrogens (tertiary/aromatic N) is 1. The van der Waals surface area contributed by atoms with Crippen LogP contribution in [0.3, 0.4) is 0 Å². The lowest BCUT2D eigenvalue weighted by molar-refractivity contribution is -0.136. The minimum absolute atomic E-state index is 0.157. The van der Waals surface area contributed by atoms with Crippen molar-refractivity contribution in [1.29, 1.82) is 0 Å². The highest BCUT2D eigenvalue weighted by Crippen LogP contribution is 2.23. The Morgan fingerprint density at radius 2 is 2.16 bits per heavy atom. The van der Waals surface area contributed by atoms with E-state index in [1.165, 1.54) is 0 Å². The van der Waals surface area contributed by atoms with Gasteiger partial charge in [-0.3, -0.25) is 4.79 Å². The highest BCUT2D eigenvalue weighted by atomic mass is 16.4. The topological polar surface area (TPSA) is 75.4 Å². The second-order valence-electron chi connectivity index (χ2n) is 4.23. The molecule has 0 unspecified atom stereocenters. The first kappa shape index (κ1) is 13.1. The zero-order valence-electron chi connectivity index (χ0n) is 10.9. The van der Waals surface area contributed by atoms with Crippen LogP contribution in [0.5, 0.6) is 0 Å². The van der Waals surface area contributed by atoms with Gasteiger partial charge < -0.3 is 14.8 Å². The number of carbonyl (C=O) groups is 1. The predicted molar refractivity (Wildman–Crippen MR) is 71.7 cm³/mol.